The van der Waals surface area contributed by atoms with Crippen molar-refractivity contribution in [2.75, 3.05) is 12.8 Å². The lowest BCUT2D eigenvalue weighted by Crippen LogP contribution is -2.23. The van der Waals surface area contributed by atoms with Crippen LogP contribution in [0.5, 0.6) is 0 Å². The number of carbonyl (C=O) groups is 1. The molecule has 0 spiro atoms. The third-order valence-corrected chi connectivity index (χ3v) is 1.71. The van der Waals surface area contributed by atoms with Gasteiger partial charge in [-0.1, -0.05) is 0 Å². The van der Waals surface area contributed by atoms with Crippen molar-refractivity contribution in [2.45, 2.75) is 6.43 Å². The van der Waals surface area contributed by atoms with Crippen LogP contribution in [0.3, 0.4) is 0 Å². The smallest absolute Gasteiger partial charge is 0.344 e. The van der Waals surface area contributed by atoms with Gasteiger partial charge >= 0.3 is 5.97 Å². The topological polar surface area (TPSA) is 85.2 Å². The van der Waals surface area contributed by atoms with Crippen molar-refractivity contribution in [1.82, 2.24) is 4.98 Å². The number of ether oxygens (including phenoxy) is 1. The molecule has 0 saturated heterocycles. The van der Waals surface area contributed by atoms with Crippen LogP contribution in [0.4, 0.5) is 14.6 Å². The fraction of sp³-hybridized carbons (Fsp3) is 0.250. The van der Waals surface area contributed by atoms with Gasteiger partial charge in [0.1, 0.15) is 11.4 Å². The fourth-order valence-corrected chi connectivity index (χ4v) is 1.09. The Morgan fingerprint density at radius 2 is 2.20 bits per heavy atom. The van der Waals surface area contributed by atoms with E-state index in [0.29, 0.717) is 0 Å². The molecule has 5 nitrogen and oxygen atoms in total. The molecule has 0 amide bonds. The molecule has 0 aliphatic carbocycles. The number of alkyl halides is 2. The molecule has 1 aromatic heterocycles. The molecule has 0 aromatic carbocycles. The van der Waals surface area contributed by atoms with Gasteiger partial charge in [0.2, 0.25) is 0 Å². The van der Waals surface area contributed by atoms with Crippen LogP contribution in [-0.2, 0) is 4.74 Å². The number of rotatable bonds is 2. The van der Waals surface area contributed by atoms with Crippen LogP contribution < -0.4 is 11.3 Å². The van der Waals surface area contributed by atoms with Gasteiger partial charge in [-0.25, -0.2) is 13.6 Å². The number of nitrogens with two attached hydrogens (primary N) is 1. The maximum absolute atomic E-state index is 12.5. The Morgan fingerprint density at radius 1 is 1.60 bits per heavy atom. The second-order valence-electron chi connectivity index (χ2n) is 2.68. The summed E-state index contributed by atoms with van der Waals surface area (Å²) < 4.78 is 29.2. The molecule has 0 saturated carbocycles. The number of methoxy groups -OCH3 is 1. The highest BCUT2D eigenvalue weighted by Crippen LogP contribution is 2.22. The molecule has 0 radical (unpaired) electrons. The van der Waals surface area contributed by atoms with E-state index in [1.807, 2.05) is 4.98 Å². The monoisotopic (exact) mass is 218 g/mol. The van der Waals surface area contributed by atoms with E-state index in [-0.39, 0.29) is 5.82 Å². The number of hydrogen-bond donors (Lipinski definition) is 2. The Balaban J connectivity index is 3.47. The summed E-state index contributed by atoms with van der Waals surface area (Å²) in [5, 5.41) is 0. The summed E-state index contributed by atoms with van der Waals surface area (Å²) >= 11 is 0. The minimum Gasteiger partial charge on any atom is -0.465 e. The van der Waals surface area contributed by atoms with E-state index in [2.05, 4.69) is 4.74 Å². The highest BCUT2D eigenvalue weighted by Gasteiger charge is 2.23. The van der Waals surface area contributed by atoms with Gasteiger partial charge in [0.25, 0.3) is 12.0 Å². The first-order valence-electron chi connectivity index (χ1n) is 3.86. The molecule has 7 heteroatoms. The van der Waals surface area contributed by atoms with Gasteiger partial charge in [-0.2, -0.15) is 0 Å². The third-order valence-electron chi connectivity index (χ3n) is 1.71. The number of nitrogen functional groups attached to an aromatic ring is 1. The molecule has 1 rings (SSSR count). The van der Waals surface area contributed by atoms with E-state index in [1.54, 1.807) is 0 Å². The Hall–Kier alpha value is -1.92. The largest absolute Gasteiger partial charge is 0.465 e. The van der Waals surface area contributed by atoms with Crippen molar-refractivity contribution < 1.29 is 18.3 Å². The van der Waals surface area contributed by atoms with Crippen molar-refractivity contribution >= 4 is 11.8 Å². The average molecular weight is 218 g/mol. The first-order chi connectivity index (χ1) is 6.97. The number of aromatic nitrogens is 1. The second kappa shape index (κ2) is 4.07. The summed E-state index contributed by atoms with van der Waals surface area (Å²) in [4.78, 5) is 24.3. The maximum atomic E-state index is 12.5. The average Bonchev–Trinajstić information content (AvgIpc) is 2.15. The summed E-state index contributed by atoms with van der Waals surface area (Å²) in [6.45, 7) is 0. The van der Waals surface area contributed by atoms with Gasteiger partial charge in [0.05, 0.1) is 7.11 Å². The molecule has 1 aromatic rings. The quantitative estimate of drug-likeness (QED) is 0.715. The summed E-state index contributed by atoms with van der Waals surface area (Å²) in [5.74, 6) is -1.35. The first kappa shape index (κ1) is 11.2. The lowest BCUT2D eigenvalue weighted by Gasteiger charge is -2.06. The predicted octanol–water partition coefficient (Wildman–Crippen LogP) is 0.681. The minimum absolute atomic E-state index is 0.233. The SMILES string of the molecule is COC(=O)c1c(C(F)F)cc(N)[nH]c1=O. The Kier molecular flexibility index (Phi) is 3.03. The number of halogens is 2. The molecule has 0 bridgehead atoms. The minimum atomic E-state index is -2.97. The Labute approximate surface area is 82.9 Å². The van der Waals surface area contributed by atoms with Crippen LogP contribution in [-0.4, -0.2) is 18.1 Å². The van der Waals surface area contributed by atoms with Crippen LogP contribution in [0.15, 0.2) is 10.9 Å². The van der Waals surface area contributed by atoms with Crippen LogP contribution >= 0.6 is 0 Å². The zero-order valence-corrected chi connectivity index (χ0v) is 7.71. The molecular formula is C8H8F2N2O3. The van der Waals surface area contributed by atoms with Crippen molar-refractivity contribution in [3.05, 3.63) is 27.5 Å². The number of esters is 1. The number of anilines is 1. The van der Waals surface area contributed by atoms with Gasteiger partial charge in [0.15, 0.2) is 0 Å². The molecule has 3 N–H and O–H groups in total. The lowest BCUT2D eigenvalue weighted by atomic mass is 10.1. The summed E-state index contributed by atoms with van der Waals surface area (Å²) in [7, 11) is 0.993. The fourth-order valence-electron chi connectivity index (χ4n) is 1.09. The van der Waals surface area contributed by atoms with Crippen LogP contribution in [0.25, 0.3) is 0 Å². The van der Waals surface area contributed by atoms with Crippen molar-refractivity contribution in [3.8, 4) is 0 Å². The van der Waals surface area contributed by atoms with Crippen LogP contribution in [0.2, 0.25) is 0 Å². The molecule has 0 fully saturated rings. The van der Waals surface area contributed by atoms with Crippen molar-refractivity contribution in [2.24, 2.45) is 0 Å². The first-order valence-corrected chi connectivity index (χ1v) is 3.86. The molecule has 0 atom stereocenters. The van der Waals surface area contributed by atoms with Gasteiger partial charge in [-0.15, -0.1) is 0 Å². The van der Waals surface area contributed by atoms with Gasteiger partial charge in [0, 0.05) is 5.56 Å². The molecule has 0 unspecified atom stereocenters. The van der Waals surface area contributed by atoms with Gasteiger partial charge in [-0.3, -0.25) is 4.79 Å². The Bertz CT molecular complexity index is 442. The zero-order valence-electron chi connectivity index (χ0n) is 7.71. The normalized spacial score (nSPS) is 10.4. The van der Waals surface area contributed by atoms with E-state index < -0.39 is 29.1 Å². The van der Waals surface area contributed by atoms with E-state index in [0.717, 1.165) is 13.2 Å². The predicted molar refractivity (Wildman–Crippen MR) is 47.8 cm³/mol. The van der Waals surface area contributed by atoms with Crippen LogP contribution in [0, 0.1) is 0 Å². The third kappa shape index (κ3) is 2.12. The molecule has 1 heterocycles. The summed E-state index contributed by atoms with van der Waals surface area (Å²) in [6.07, 6.45) is -2.97. The molecular weight excluding hydrogens is 210 g/mol. The van der Waals surface area contributed by atoms with Crippen LogP contribution in [0.1, 0.15) is 22.3 Å². The maximum Gasteiger partial charge on any atom is 0.344 e. The molecule has 0 aliphatic rings. The lowest BCUT2D eigenvalue weighted by molar-refractivity contribution is 0.0587. The van der Waals surface area contributed by atoms with E-state index >= 15 is 0 Å². The van der Waals surface area contributed by atoms with Crippen molar-refractivity contribution in [1.29, 1.82) is 0 Å². The molecule has 0 aliphatic heterocycles. The standard InChI is InChI=1S/C8H8F2N2O3/c1-15-8(14)5-3(6(9)10)2-4(11)12-7(5)13/h2,6H,1H3,(H3,11,12,13). The number of aromatic amines is 1. The van der Waals surface area contributed by atoms with E-state index in [1.165, 1.54) is 0 Å². The highest BCUT2D eigenvalue weighted by atomic mass is 19.3. The van der Waals surface area contributed by atoms with Gasteiger partial charge in [-0.05, 0) is 6.07 Å². The number of carbonyl (C=O) groups excluding carboxylic acids is 1. The number of pyridine rings is 1. The van der Waals surface area contributed by atoms with E-state index in [4.69, 9.17) is 5.73 Å². The zero-order chi connectivity index (χ0) is 11.6. The van der Waals surface area contributed by atoms with Crippen molar-refractivity contribution in [3.63, 3.8) is 0 Å². The second-order valence-corrected chi connectivity index (χ2v) is 2.68. The Morgan fingerprint density at radius 3 is 2.67 bits per heavy atom. The number of H-pyrrole nitrogens is 1. The summed E-state index contributed by atoms with van der Waals surface area (Å²) in [6, 6.07) is 0.832. The number of nitrogens with one attached hydrogen (secondary N) is 1. The molecule has 82 valence electrons. The van der Waals surface area contributed by atoms with E-state index in [9.17, 15) is 18.4 Å². The summed E-state index contributed by atoms with van der Waals surface area (Å²) in [5.41, 5.74) is 2.72. The number of hydrogen-bond acceptors (Lipinski definition) is 4. The molecule has 15 heavy (non-hydrogen) atoms. The van der Waals surface area contributed by atoms with Gasteiger partial charge < -0.3 is 15.5 Å². The highest BCUT2D eigenvalue weighted by molar-refractivity contribution is 5.90.